The molecule has 0 aliphatic carbocycles. The van der Waals surface area contributed by atoms with Crippen molar-refractivity contribution < 1.29 is 62.6 Å². The third kappa shape index (κ3) is 21.6. The lowest BCUT2D eigenvalue weighted by Crippen LogP contribution is -2.58. The molecule has 9 unspecified atom stereocenters. The van der Waals surface area contributed by atoms with E-state index in [2.05, 4.69) is 36.9 Å². The predicted molar refractivity (Wildman–Crippen MR) is 314 cm³/mol. The van der Waals surface area contributed by atoms with Gasteiger partial charge in [-0.1, -0.05) is 79.9 Å². The zero-order valence-electron chi connectivity index (χ0n) is 49.9. The van der Waals surface area contributed by atoms with Gasteiger partial charge >= 0.3 is 18.1 Å². The number of likely N-dealkylation sites (tertiary alicyclic amines) is 1. The summed E-state index contributed by atoms with van der Waals surface area (Å²) in [4.78, 5) is 151. The number of primary amides is 2. The van der Waals surface area contributed by atoms with E-state index in [1.165, 1.54) is 24.5 Å². The number of rotatable bonds is 34. The van der Waals surface area contributed by atoms with Gasteiger partial charge in [-0.15, -0.1) is 11.3 Å². The number of hydrogen-bond acceptors (Lipinski definition) is 15. The first-order valence-corrected chi connectivity index (χ1v) is 29.9. The van der Waals surface area contributed by atoms with Crippen molar-refractivity contribution in [2.24, 2.45) is 35.1 Å². The maximum absolute atomic E-state index is 14.4. The Hall–Kier alpha value is -7.48. The number of ether oxygens (including phenoxy) is 1. The summed E-state index contributed by atoms with van der Waals surface area (Å²) in [5.41, 5.74) is 11.8. The Labute approximate surface area is 495 Å². The molecule has 1 saturated heterocycles. The minimum absolute atomic E-state index is 0.0168. The summed E-state index contributed by atoms with van der Waals surface area (Å²) in [6, 6.07) is 1.22. The number of nitrogens with zero attached hydrogens (tertiary/aromatic N) is 4. The lowest BCUT2D eigenvalue weighted by atomic mass is 9.92. The van der Waals surface area contributed by atoms with Crippen LogP contribution in [-0.2, 0) is 49.5 Å². The van der Waals surface area contributed by atoms with Crippen LogP contribution in [0.4, 0.5) is 15.3 Å². The van der Waals surface area contributed by atoms with Crippen LogP contribution in [0.25, 0.3) is 0 Å². The van der Waals surface area contributed by atoms with Gasteiger partial charge in [0, 0.05) is 68.3 Å². The van der Waals surface area contributed by atoms with Gasteiger partial charge in [-0.05, 0) is 100 Å². The SMILES string of the molecule is CCC(C)C(NC(=O)C1CCCCN1C)C(=O)N(C)C(CC(OC(N)=O)c1nc(C(=O)NC(Cc2ccc(NC(=O)C(CCCNC(N)=O)NC(=O)C(NC(=O)CCCCCN3C(=O)C=CC3=O)C(C)C)cc2)CC(C)C(=O)O)cs1)C(C)C. The second kappa shape index (κ2) is 33.7. The highest BCUT2D eigenvalue weighted by Crippen LogP contribution is 2.31. The van der Waals surface area contributed by atoms with Gasteiger partial charge in [-0.2, -0.15) is 0 Å². The van der Waals surface area contributed by atoms with E-state index < -0.39 is 84.0 Å². The molecule has 26 heteroatoms. The van der Waals surface area contributed by atoms with Crippen LogP contribution >= 0.6 is 11.3 Å². The molecule has 84 heavy (non-hydrogen) atoms. The third-order valence-electron chi connectivity index (χ3n) is 15.4. The summed E-state index contributed by atoms with van der Waals surface area (Å²) in [6.07, 6.45) is 5.57. The number of aromatic nitrogens is 1. The summed E-state index contributed by atoms with van der Waals surface area (Å²) in [5, 5.41) is 28.3. The van der Waals surface area contributed by atoms with Gasteiger partial charge in [0.1, 0.15) is 28.8 Å². The third-order valence-corrected chi connectivity index (χ3v) is 16.3. The Kier molecular flexibility index (Phi) is 27.7. The number of carboxylic acid groups (broad SMARTS) is 1. The van der Waals surface area contributed by atoms with Crippen LogP contribution in [0.5, 0.6) is 0 Å². The molecule has 11 amide bonds. The van der Waals surface area contributed by atoms with Crippen LogP contribution in [0.1, 0.15) is 153 Å². The molecule has 9 atom stereocenters. The van der Waals surface area contributed by atoms with Crippen molar-refractivity contribution in [3.05, 3.63) is 58.1 Å². The summed E-state index contributed by atoms with van der Waals surface area (Å²) < 4.78 is 5.60. The monoisotopic (exact) mass is 1190 g/mol. The summed E-state index contributed by atoms with van der Waals surface area (Å²) in [6.45, 7) is 13.8. The number of carbonyl (C=O) groups excluding carboxylic acids is 10. The van der Waals surface area contributed by atoms with Gasteiger partial charge in [-0.3, -0.25) is 53.0 Å². The fourth-order valence-electron chi connectivity index (χ4n) is 10.1. The molecule has 464 valence electrons. The topological polar surface area (TPSA) is 364 Å². The van der Waals surface area contributed by atoms with E-state index >= 15 is 0 Å². The van der Waals surface area contributed by atoms with E-state index in [1.54, 1.807) is 50.1 Å². The Morgan fingerprint density at radius 2 is 1.51 bits per heavy atom. The van der Waals surface area contributed by atoms with Gasteiger partial charge in [0.2, 0.25) is 29.5 Å². The molecular formula is C58H88N12O13S. The molecule has 0 radical (unpaired) electrons. The zero-order chi connectivity index (χ0) is 62.4. The number of carboxylic acids is 1. The number of thiazole rings is 1. The van der Waals surface area contributed by atoms with Crippen molar-refractivity contribution >= 4 is 82.4 Å². The lowest BCUT2D eigenvalue weighted by Gasteiger charge is -2.38. The number of likely N-dealkylation sites (N-methyl/N-ethyl adjacent to an activating group) is 2. The number of benzene rings is 1. The summed E-state index contributed by atoms with van der Waals surface area (Å²) in [7, 11) is 3.55. The molecule has 0 bridgehead atoms. The van der Waals surface area contributed by atoms with E-state index in [0.29, 0.717) is 43.4 Å². The van der Waals surface area contributed by atoms with Crippen molar-refractivity contribution in [2.75, 3.05) is 39.0 Å². The van der Waals surface area contributed by atoms with E-state index in [0.717, 1.165) is 35.6 Å². The molecule has 1 aromatic heterocycles. The minimum atomic E-state index is -1.13. The van der Waals surface area contributed by atoms with Crippen molar-refractivity contribution in [1.82, 2.24) is 46.3 Å². The molecule has 3 heterocycles. The first kappa shape index (κ1) is 69.0. The lowest BCUT2D eigenvalue weighted by molar-refractivity contribution is -0.142. The summed E-state index contributed by atoms with van der Waals surface area (Å²) >= 11 is 1.04. The molecular weight excluding hydrogens is 1100 g/mol. The van der Waals surface area contributed by atoms with E-state index in [-0.39, 0.29) is 110 Å². The molecule has 2 aliphatic heterocycles. The average molecular weight is 1190 g/mol. The number of unbranched alkanes of at least 4 members (excludes halogenated alkanes) is 2. The van der Waals surface area contributed by atoms with Gasteiger partial charge in [0.25, 0.3) is 17.7 Å². The number of carbonyl (C=O) groups is 11. The van der Waals surface area contributed by atoms with Gasteiger partial charge in [-0.25, -0.2) is 14.6 Å². The Bertz CT molecular complexity index is 2630. The average Bonchev–Trinajstić information content (AvgIpc) is 3.92. The van der Waals surface area contributed by atoms with Crippen LogP contribution in [-0.4, -0.2) is 160 Å². The highest BCUT2D eigenvalue weighted by Gasteiger charge is 2.38. The van der Waals surface area contributed by atoms with E-state index in [1.807, 2.05) is 39.6 Å². The van der Waals surface area contributed by atoms with E-state index in [4.69, 9.17) is 16.2 Å². The molecule has 25 nitrogen and oxygen atoms in total. The number of piperidine rings is 1. The van der Waals surface area contributed by atoms with Crippen LogP contribution in [0.2, 0.25) is 0 Å². The fourth-order valence-corrected chi connectivity index (χ4v) is 11.0. The van der Waals surface area contributed by atoms with E-state index in [9.17, 15) is 57.8 Å². The van der Waals surface area contributed by atoms with Crippen LogP contribution < -0.4 is 43.4 Å². The molecule has 4 rings (SSSR count). The first-order chi connectivity index (χ1) is 39.7. The normalized spacial score (nSPS) is 17.2. The fraction of sp³-hybridized carbons (Fsp3) is 0.621. The molecule has 1 aromatic carbocycles. The number of anilines is 1. The second-order valence-corrected chi connectivity index (χ2v) is 23.5. The summed E-state index contributed by atoms with van der Waals surface area (Å²) in [5.74, 6) is -6.23. The van der Waals surface area contributed by atoms with Gasteiger partial charge in [0.05, 0.1) is 12.0 Å². The minimum Gasteiger partial charge on any atom is -0.481 e. The molecule has 0 spiro atoms. The van der Waals surface area contributed by atoms with Crippen molar-refractivity contribution in [2.45, 2.75) is 174 Å². The number of amides is 11. The smallest absolute Gasteiger partial charge is 0.405 e. The van der Waals surface area contributed by atoms with Gasteiger partial charge < -0.3 is 58.1 Å². The molecule has 1 fully saturated rings. The standard InChI is InChI=1S/C58H88N12O13S/c1-10-35(6)49(67-52(76)42-18-13-15-27-68(42)8)55(78)69(9)43(33(2)3)31-44(83-58(60)82)54-65-41(32-84-54)51(75)63-39(29-36(7)56(79)80)30-37-20-22-38(23-21-37)62-50(74)40(17-16-26-61-57(59)81)64-53(77)48(34(4)5)66-45(71)19-12-11-14-28-70-46(72)24-25-47(70)73/h20-25,32-36,39-40,42-44,48-49H,10-19,26-31H2,1-9H3,(H2,60,82)(H,62,74)(H,63,75)(H,64,77)(H,66,71)(H,67,76)(H,79,80)(H3,59,61,81). The Balaban J connectivity index is 1.44. The van der Waals surface area contributed by atoms with Crippen molar-refractivity contribution in [3.63, 3.8) is 0 Å². The van der Waals surface area contributed by atoms with Crippen LogP contribution in [0, 0.1) is 23.7 Å². The predicted octanol–water partition coefficient (Wildman–Crippen LogP) is 4.12. The molecule has 0 saturated carbocycles. The number of aliphatic carboxylic acids is 1. The number of nitrogens with one attached hydrogen (secondary N) is 6. The Morgan fingerprint density at radius 1 is 0.833 bits per heavy atom. The molecule has 11 N–H and O–H groups in total. The maximum Gasteiger partial charge on any atom is 0.405 e. The van der Waals surface area contributed by atoms with Crippen LogP contribution in [0.15, 0.2) is 41.8 Å². The number of urea groups is 1. The number of hydrogen-bond donors (Lipinski definition) is 9. The largest absolute Gasteiger partial charge is 0.481 e. The highest BCUT2D eigenvalue weighted by atomic mass is 32.1. The quantitative estimate of drug-likeness (QED) is 0.0352. The first-order valence-electron chi connectivity index (χ1n) is 29.0. The number of nitrogens with two attached hydrogens (primary N) is 2. The van der Waals surface area contributed by atoms with Crippen molar-refractivity contribution in [3.8, 4) is 0 Å². The molecule has 2 aromatic rings. The Morgan fingerprint density at radius 3 is 2.11 bits per heavy atom. The zero-order valence-corrected chi connectivity index (χ0v) is 50.7. The second-order valence-electron chi connectivity index (χ2n) is 22.6. The number of imide groups is 1. The van der Waals surface area contributed by atoms with Crippen LogP contribution in [0.3, 0.4) is 0 Å². The molecule has 2 aliphatic rings. The maximum atomic E-state index is 14.4. The highest BCUT2D eigenvalue weighted by molar-refractivity contribution is 7.09. The van der Waals surface area contributed by atoms with Gasteiger partial charge in [0.15, 0.2) is 6.10 Å². The van der Waals surface area contributed by atoms with Crippen molar-refractivity contribution in [1.29, 1.82) is 0 Å².